The Morgan fingerprint density at radius 1 is 1.11 bits per heavy atom. The summed E-state index contributed by atoms with van der Waals surface area (Å²) in [5.41, 5.74) is 5.06. The maximum Gasteiger partial charge on any atom is 0.507 e. The first kappa shape index (κ1) is 12.6. The number of carbonyl (C=O) groups excluding carboxylic acids is 1. The van der Waals surface area contributed by atoms with Crippen LogP contribution in [0, 0.1) is 0 Å². The molecule has 0 atom stereocenters. The molecule has 0 radical (unpaired) electrons. The Morgan fingerprint density at radius 3 is 2.22 bits per heavy atom. The first-order valence-electron chi connectivity index (χ1n) is 4.78. The number of hydrogen-bond donors (Lipinski definition) is 1. The normalized spacial score (nSPS) is 19.4. The predicted molar refractivity (Wildman–Crippen MR) is 51.0 cm³/mol. The molecule has 2 N–H and O–H groups in total. The van der Waals surface area contributed by atoms with Gasteiger partial charge >= 0.3 is 12.2 Å². The molecule has 4 nitrogen and oxygen atoms in total. The Bertz CT molecular complexity index is 504. The van der Waals surface area contributed by atoms with Gasteiger partial charge in [0.2, 0.25) is 0 Å². The van der Waals surface area contributed by atoms with Crippen molar-refractivity contribution in [3.05, 3.63) is 23.8 Å². The second-order valence-electron chi connectivity index (χ2n) is 3.53. The van der Waals surface area contributed by atoms with Gasteiger partial charge in [0.25, 0.3) is 0 Å². The summed E-state index contributed by atoms with van der Waals surface area (Å²) >= 11 is 0. The van der Waals surface area contributed by atoms with Crippen molar-refractivity contribution in [1.29, 1.82) is 0 Å². The molecule has 1 aliphatic heterocycles. The number of fused-ring (bicyclic) bond motifs is 1. The van der Waals surface area contributed by atoms with Crippen LogP contribution in [-0.2, 0) is 0 Å². The molecule has 0 aromatic heterocycles. The number of nitrogens with two attached hydrogens (primary N) is 1. The first-order valence-corrected chi connectivity index (χ1v) is 4.78. The lowest BCUT2D eigenvalue weighted by molar-refractivity contribution is -0.391. The Hall–Kier alpha value is -1.83. The van der Waals surface area contributed by atoms with Gasteiger partial charge in [-0.3, -0.25) is 4.79 Å². The third-order valence-electron chi connectivity index (χ3n) is 2.27. The van der Waals surface area contributed by atoms with Crippen molar-refractivity contribution in [2.45, 2.75) is 12.2 Å². The average molecular weight is 265 g/mol. The predicted octanol–water partition coefficient (Wildman–Crippen LogP) is 1.78. The van der Waals surface area contributed by atoms with Crippen molar-refractivity contribution in [1.82, 2.24) is 0 Å². The van der Waals surface area contributed by atoms with Gasteiger partial charge in [0.15, 0.2) is 17.3 Å². The SMILES string of the molecule is NCC(=O)c1ccc2c(c1)OC(F)(F)C(F)(F)O2. The molecule has 1 heterocycles. The van der Waals surface area contributed by atoms with Gasteiger partial charge in [0, 0.05) is 5.56 Å². The van der Waals surface area contributed by atoms with E-state index in [2.05, 4.69) is 9.47 Å². The van der Waals surface area contributed by atoms with E-state index in [1.807, 2.05) is 0 Å². The minimum Gasteiger partial charge on any atom is -0.421 e. The molecular weight excluding hydrogens is 258 g/mol. The van der Waals surface area contributed by atoms with Crippen LogP contribution in [0.5, 0.6) is 11.5 Å². The van der Waals surface area contributed by atoms with Crippen LogP contribution in [0.3, 0.4) is 0 Å². The van der Waals surface area contributed by atoms with Crippen molar-refractivity contribution in [2.24, 2.45) is 5.73 Å². The third kappa shape index (κ3) is 1.88. The highest BCUT2D eigenvalue weighted by atomic mass is 19.3. The lowest BCUT2D eigenvalue weighted by Gasteiger charge is -2.31. The molecule has 98 valence electrons. The number of ether oxygens (including phenoxy) is 2. The van der Waals surface area contributed by atoms with E-state index in [1.54, 1.807) is 0 Å². The molecule has 1 aromatic carbocycles. The molecule has 8 heteroatoms. The monoisotopic (exact) mass is 265 g/mol. The minimum absolute atomic E-state index is 0.0270. The standard InChI is InChI=1S/C10H7F4NO3/c11-9(12)10(13,14)18-8-3-5(6(16)4-15)1-2-7(8)17-9/h1-3H,4,15H2. The topological polar surface area (TPSA) is 61.6 Å². The summed E-state index contributed by atoms with van der Waals surface area (Å²) in [5.74, 6) is -1.74. The second kappa shape index (κ2) is 3.84. The summed E-state index contributed by atoms with van der Waals surface area (Å²) in [7, 11) is 0. The molecule has 0 amide bonds. The van der Waals surface area contributed by atoms with Crippen molar-refractivity contribution in [3.8, 4) is 11.5 Å². The summed E-state index contributed by atoms with van der Waals surface area (Å²) in [5, 5.41) is 0. The lowest BCUT2D eigenvalue weighted by Crippen LogP contribution is -2.52. The zero-order chi connectivity index (χ0) is 13.6. The highest BCUT2D eigenvalue weighted by molar-refractivity contribution is 5.98. The number of alkyl halides is 4. The number of rotatable bonds is 2. The molecule has 18 heavy (non-hydrogen) atoms. The largest absolute Gasteiger partial charge is 0.507 e. The van der Waals surface area contributed by atoms with Crippen LogP contribution in [0.1, 0.15) is 10.4 Å². The number of Topliss-reactive ketones (excluding diaryl/α,β-unsaturated/α-hetero) is 1. The molecule has 0 bridgehead atoms. The zero-order valence-corrected chi connectivity index (χ0v) is 8.75. The van der Waals surface area contributed by atoms with Gasteiger partial charge in [-0.05, 0) is 18.2 Å². The van der Waals surface area contributed by atoms with Crippen molar-refractivity contribution < 1.29 is 31.8 Å². The Kier molecular flexibility index (Phi) is 2.69. The van der Waals surface area contributed by atoms with E-state index in [9.17, 15) is 22.4 Å². The molecule has 1 aliphatic rings. The van der Waals surface area contributed by atoms with Gasteiger partial charge in [-0.1, -0.05) is 0 Å². The van der Waals surface area contributed by atoms with Crippen LogP contribution in [0.4, 0.5) is 17.6 Å². The molecule has 0 saturated heterocycles. The van der Waals surface area contributed by atoms with E-state index in [0.717, 1.165) is 18.2 Å². The van der Waals surface area contributed by atoms with E-state index in [-0.39, 0.29) is 12.1 Å². The van der Waals surface area contributed by atoms with E-state index in [4.69, 9.17) is 5.73 Å². The maximum absolute atomic E-state index is 12.9. The number of carbonyl (C=O) groups is 1. The molecule has 2 rings (SSSR count). The van der Waals surface area contributed by atoms with Gasteiger partial charge in [-0.25, -0.2) is 0 Å². The number of halogens is 4. The molecular formula is C10H7F4NO3. The fourth-order valence-electron chi connectivity index (χ4n) is 1.36. The summed E-state index contributed by atoms with van der Waals surface area (Å²) in [6.07, 6.45) is -9.57. The van der Waals surface area contributed by atoms with E-state index >= 15 is 0 Å². The van der Waals surface area contributed by atoms with Crippen LogP contribution >= 0.6 is 0 Å². The van der Waals surface area contributed by atoms with Crippen molar-refractivity contribution in [2.75, 3.05) is 6.54 Å². The quantitative estimate of drug-likeness (QED) is 0.654. The van der Waals surface area contributed by atoms with Gasteiger partial charge < -0.3 is 15.2 Å². The third-order valence-corrected chi connectivity index (χ3v) is 2.27. The molecule has 0 spiro atoms. The first-order chi connectivity index (χ1) is 8.27. The van der Waals surface area contributed by atoms with E-state index in [0.29, 0.717) is 0 Å². The highest BCUT2D eigenvalue weighted by Gasteiger charge is 2.65. The van der Waals surface area contributed by atoms with Gasteiger partial charge in [-0.15, -0.1) is 0 Å². The van der Waals surface area contributed by atoms with Crippen LogP contribution in [0.2, 0.25) is 0 Å². The number of benzene rings is 1. The van der Waals surface area contributed by atoms with Crippen molar-refractivity contribution >= 4 is 5.78 Å². The summed E-state index contributed by atoms with van der Waals surface area (Å²) in [4.78, 5) is 11.2. The fraction of sp³-hybridized carbons (Fsp3) is 0.300. The fourth-order valence-corrected chi connectivity index (χ4v) is 1.36. The number of hydrogen-bond acceptors (Lipinski definition) is 4. The van der Waals surface area contributed by atoms with Gasteiger partial charge in [0.1, 0.15) is 0 Å². The maximum atomic E-state index is 12.9. The lowest BCUT2D eigenvalue weighted by atomic mass is 10.1. The summed E-state index contributed by atoms with van der Waals surface area (Å²) < 4.78 is 59.1. The van der Waals surface area contributed by atoms with Crippen LogP contribution in [-0.4, -0.2) is 24.5 Å². The molecule has 0 aliphatic carbocycles. The molecule has 1 aromatic rings. The highest BCUT2D eigenvalue weighted by Crippen LogP contribution is 2.46. The van der Waals surface area contributed by atoms with E-state index < -0.39 is 29.5 Å². The number of ketones is 1. The Labute approximate surface area is 98.3 Å². The van der Waals surface area contributed by atoms with Crippen molar-refractivity contribution in [3.63, 3.8) is 0 Å². The Balaban J connectivity index is 2.42. The second-order valence-corrected chi connectivity index (χ2v) is 3.53. The average Bonchev–Trinajstić information content (AvgIpc) is 2.28. The van der Waals surface area contributed by atoms with Gasteiger partial charge in [-0.2, -0.15) is 17.6 Å². The zero-order valence-electron chi connectivity index (χ0n) is 8.75. The van der Waals surface area contributed by atoms with Crippen LogP contribution in [0.25, 0.3) is 0 Å². The van der Waals surface area contributed by atoms with Gasteiger partial charge in [0.05, 0.1) is 6.54 Å². The van der Waals surface area contributed by atoms with Crippen LogP contribution in [0.15, 0.2) is 18.2 Å². The smallest absolute Gasteiger partial charge is 0.421 e. The Morgan fingerprint density at radius 2 is 1.67 bits per heavy atom. The molecule has 0 fully saturated rings. The molecule has 0 unspecified atom stereocenters. The van der Waals surface area contributed by atoms with E-state index in [1.165, 1.54) is 0 Å². The minimum atomic E-state index is -4.80. The summed E-state index contributed by atoms with van der Waals surface area (Å²) in [6.45, 7) is -0.341. The summed E-state index contributed by atoms with van der Waals surface area (Å²) in [6, 6.07) is 2.96. The van der Waals surface area contributed by atoms with Crippen LogP contribution < -0.4 is 15.2 Å². The molecule has 0 saturated carbocycles.